The van der Waals surface area contributed by atoms with Gasteiger partial charge < -0.3 is 19.1 Å². The number of nitrogens with one attached hydrogen (secondary N) is 1. The fraction of sp³-hybridized carbons (Fsp3) is 0.568. The van der Waals surface area contributed by atoms with E-state index < -0.39 is 21.7 Å². The molecule has 7 rings (SSSR count). The molecule has 0 saturated heterocycles. The zero-order valence-electron chi connectivity index (χ0n) is 27.8. The van der Waals surface area contributed by atoms with Gasteiger partial charge in [-0.3, -0.25) is 14.3 Å². The second-order valence-electron chi connectivity index (χ2n) is 14.5. The van der Waals surface area contributed by atoms with E-state index in [1.807, 2.05) is 25.1 Å². The Bertz CT molecular complexity index is 1720. The van der Waals surface area contributed by atoms with Crippen LogP contribution in [0.5, 0.6) is 5.75 Å². The largest absolute Gasteiger partial charge is 0.490 e. The van der Waals surface area contributed by atoms with Crippen LogP contribution in [0, 0.1) is 17.8 Å². The first-order valence-electron chi connectivity index (χ1n) is 17.4. The summed E-state index contributed by atoms with van der Waals surface area (Å²) in [5.74, 6) is 0.231. The van der Waals surface area contributed by atoms with E-state index in [2.05, 4.69) is 38.3 Å². The minimum absolute atomic E-state index is 0.0358. The summed E-state index contributed by atoms with van der Waals surface area (Å²) in [6.45, 7) is 3.78. The van der Waals surface area contributed by atoms with Crippen molar-refractivity contribution in [1.29, 1.82) is 0 Å². The summed E-state index contributed by atoms with van der Waals surface area (Å²) in [5, 5.41) is 0.745. The maximum atomic E-state index is 14.3. The van der Waals surface area contributed by atoms with Crippen molar-refractivity contribution < 1.29 is 28.0 Å². The van der Waals surface area contributed by atoms with Gasteiger partial charge in [0.2, 0.25) is 0 Å². The molecule has 2 aromatic rings. The van der Waals surface area contributed by atoms with Crippen molar-refractivity contribution in [2.24, 2.45) is 22.1 Å². The molecule has 2 heterocycles. The molecule has 9 nitrogen and oxygen atoms in total. The van der Waals surface area contributed by atoms with Gasteiger partial charge in [-0.25, -0.2) is 4.21 Å². The molecule has 2 saturated carbocycles. The van der Waals surface area contributed by atoms with Crippen molar-refractivity contribution in [2.45, 2.75) is 75.9 Å². The van der Waals surface area contributed by atoms with Gasteiger partial charge in [-0.15, -0.1) is 4.36 Å². The summed E-state index contributed by atoms with van der Waals surface area (Å²) in [5.41, 5.74) is 3.45. The maximum Gasteiger partial charge on any atom is 0.286 e. The first-order chi connectivity index (χ1) is 23.1. The van der Waals surface area contributed by atoms with Crippen molar-refractivity contribution in [1.82, 2.24) is 4.72 Å². The zero-order valence-corrected chi connectivity index (χ0v) is 29.4. The molecule has 0 unspecified atom stereocenters. The molecular weight excluding hydrogens is 650 g/mol. The number of hydrogen-bond donors (Lipinski definition) is 1. The third-order valence-corrected chi connectivity index (χ3v) is 13.0. The molecule has 2 aliphatic heterocycles. The van der Waals surface area contributed by atoms with E-state index >= 15 is 0 Å². The van der Waals surface area contributed by atoms with E-state index in [1.165, 1.54) is 11.1 Å². The number of anilines is 1. The quantitative estimate of drug-likeness (QED) is 0.368. The van der Waals surface area contributed by atoms with Crippen LogP contribution < -0.4 is 14.4 Å². The highest BCUT2D eigenvalue weighted by Crippen LogP contribution is 2.47. The van der Waals surface area contributed by atoms with E-state index in [0.29, 0.717) is 36.2 Å². The normalized spacial score (nSPS) is 32.5. The van der Waals surface area contributed by atoms with Crippen LogP contribution in [0.3, 0.4) is 0 Å². The number of benzene rings is 2. The molecule has 48 heavy (non-hydrogen) atoms. The number of halogens is 1. The number of hydrogen-bond acceptors (Lipinski definition) is 7. The Hall–Kier alpha value is -2.92. The highest BCUT2D eigenvalue weighted by atomic mass is 35.5. The Kier molecular flexibility index (Phi) is 9.63. The smallest absolute Gasteiger partial charge is 0.286 e. The predicted octanol–water partition coefficient (Wildman–Crippen LogP) is 6.27. The highest BCUT2D eigenvalue weighted by molar-refractivity contribution is 7.92. The van der Waals surface area contributed by atoms with Gasteiger partial charge in [0.25, 0.3) is 11.8 Å². The SMILES string of the molecule is CO[C@H]1/C=C/C[C@H](C)C[S@@](=O)(NC(=O)COC2CC2)=NC(=O)c2ccc3c(c2)N(C[C@@H]2CC[C@H]21)C[C@@]1(CCCc2cc(Cl)ccc21)CO3. The Labute approximate surface area is 289 Å². The zero-order chi connectivity index (χ0) is 33.5. The summed E-state index contributed by atoms with van der Waals surface area (Å²) in [7, 11) is -1.68. The number of carbonyl (C=O) groups is 2. The number of aryl methyl sites for hydroxylation is 1. The van der Waals surface area contributed by atoms with Gasteiger partial charge in [-0.2, -0.15) is 0 Å². The van der Waals surface area contributed by atoms with E-state index in [-0.39, 0.29) is 35.9 Å². The second kappa shape index (κ2) is 13.8. The Morgan fingerprint density at radius 1 is 1.19 bits per heavy atom. The van der Waals surface area contributed by atoms with Crippen LogP contribution in [0.4, 0.5) is 5.69 Å². The van der Waals surface area contributed by atoms with Crippen molar-refractivity contribution in [3.8, 4) is 5.75 Å². The number of nitrogens with zero attached hydrogens (tertiary/aromatic N) is 2. The van der Waals surface area contributed by atoms with E-state index in [9.17, 15) is 13.8 Å². The van der Waals surface area contributed by atoms with Gasteiger partial charge in [-0.05, 0) is 111 Å². The van der Waals surface area contributed by atoms with Crippen LogP contribution in [0.25, 0.3) is 0 Å². The van der Waals surface area contributed by atoms with Crippen molar-refractivity contribution >= 4 is 39.0 Å². The van der Waals surface area contributed by atoms with E-state index in [4.69, 9.17) is 25.8 Å². The van der Waals surface area contributed by atoms with Crippen LogP contribution in [0.1, 0.15) is 73.4 Å². The number of carbonyl (C=O) groups excluding carboxylic acids is 2. The van der Waals surface area contributed by atoms with Gasteiger partial charge in [0.05, 0.1) is 30.3 Å². The first kappa shape index (κ1) is 33.6. The minimum atomic E-state index is -3.44. The van der Waals surface area contributed by atoms with Gasteiger partial charge >= 0.3 is 0 Å². The van der Waals surface area contributed by atoms with Gasteiger partial charge in [-0.1, -0.05) is 36.7 Å². The van der Waals surface area contributed by atoms with Crippen LogP contribution in [0.15, 0.2) is 52.9 Å². The molecule has 0 radical (unpaired) electrons. The highest BCUT2D eigenvalue weighted by Gasteiger charge is 2.44. The lowest BCUT2D eigenvalue weighted by Gasteiger charge is -2.46. The molecule has 6 atom stereocenters. The van der Waals surface area contributed by atoms with Gasteiger partial charge in [0.1, 0.15) is 22.3 Å². The summed E-state index contributed by atoms with van der Waals surface area (Å²) in [6, 6.07) is 11.6. The number of amides is 2. The molecule has 11 heteroatoms. The fourth-order valence-electron chi connectivity index (χ4n) is 8.00. The second-order valence-corrected chi connectivity index (χ2v) is 16.9. The Morgan fingerprint density at radius 2 is 2.04 bits per heavy atom. The lowest BCUT2D eigenvalue weighted by Crippen LogP contribution is -2.49. The van der Waals surface area contributed by atoms with Gasteiger partial charge in [0, 0.05) is 36.2 Å². The monoisotopic (exact) mass is 695 g/mol. The van der Waals surface area contributed by atoms with Crippen LogP contribution >= 0.6 is 11.6 Å². The number of rotatable bonds is 5. The van der Waals surface area contributed by atoms with Gasteiger partial charge in [0.15, 0.2) is 0 Å². The van der Waals surface area contributed by atoms with Crippen molar-refractivity contribution in [3.05, 3.63) is 70.3 Å². The average Bonchev–Trinajstić information content (AvgIpc) is 3.88. The Balaban J connectivity index is 1.28. The average molecular weight is 696 g/mol. The molecule has 3 aliphatic carbocycles. The first-order valence-corrected chi connectivity index (χ1v) is 19.4. The lowest BCUT2D eigenvalue weighted by molar-refractivity contribution is -0.124. The molecule has 2 fully saturated rings. The standard InChI is InChI=1S/C37H46ClN3O6S/c1-24-5-3-7-33(45-2)30-13-8-27(30)19-41-22-37(16-4-6-25-17-28(38)10-14-31(25)37)23-47-34-15-9-26(18-32(34)41)36(43)40-48(44,21-24)39-35(42)20-46-29-11-12-29/h3,7,9-10,14-15,17-18,24,27,29-30,33H,4-6,8,11-13,16,19-23H2,1-2H3,(H,39,40,42,43,44)/b7-3+/t24-,27-,30+,33-,37-,48+/m0/s1. The summed E-state index contributed by atoms with van der Waals surface area (Å²) < 4.78 is 39.3. The van der Waals surface area contributed by atoms with Crippen LogP contribution in [-0.4, -0.2) is 67.4 Å². The molecule has 5 aliphatic rings. The third kappa shape index (κ3) is 7.18. The predicted molar refractivity (Wildman–Crippen MR) is 187 cm³/mol. The molecule has 1 spiro atoms. The number of fused-ring (bicyclic) bond motifs is 4. The molecule has 2 aromatic carbocycles. The Morgan fingerprint density at radius 3 is 2.81 bits per heavy atom. The number of methoxy groups -OCH3 is 1. The minimum Gasteiger partial charge on any atom is -0.490 e. The van der Waals surface area contributed by atoms with Crippen molar-refractivity contribution in [3.63, 3.8) is 0 Å². The third-order valence-electron chi connectivity index (χ3n) is 10.8. The lowest BCUT2D eigenvalue weighted by atomic mass is 9.68. The van der Waals surface area contributed by atoms with Crippen molar-refractivity contribution in [2.75, 3.05) is 44.1 Å². The number of allylic oxidation sites excluding steroid dienone is 1. The van der Waals surface area contributed by atoms with E-state index in [1.54, 1.807) is 13.2 Å². The maximum absolute atomic E-state index is 14.3. The molecule has 2 bridgehead atoms. The van der Waals surface area contributed by atoms with Crippen LogP contribution in [0.2, 0.25) is 5.02 Å². The molecule has 2 amide bonds. The number of ether oxygens (including phenoxy) is 3. The molecule has 0 aromatic heterocycles. The van der Waals surface area contributed by atoms with Crippen LogP contribution in [-0.2, 0) is 36.0 Å². The summed E-state index contributed by atoms with van der Waals surface area (Å²) in [6.07, 6.45) is 11.9. The van der Waals surface area contributed by atoms with E-state index in [0.717, 1.165) is 68.7 Å². The molecular formula is C37H46ClN3O6S. The topological polar surface area (TPSA) is 107 Å². The molecule has 258 valence electrons. The fourth-order valence-corrected chi connectivity index (χ4v) is 10.1. The molecule has 1 N–H and O–H groups in total. The summed E-state index contributed by atoms with van der Waals surface area (Å²) in [4.78, 5) is 29.1. The summed E-state index contributed by atoms with van der Waals surface area (Å²) >= 11 is 6.44.